The third-order valence-electron chi connectivity index (χ3n) is 2.90. The van der Waals surface area contributed by atoms with Crippen molar-refractivity contribution >= 4 is 23.1 Å². The Kier molecular flexibility index (Phi) is 4.15. The molecule has 0 heterocycles. The monoisotopic (exact) mass is 291 g/mol. The van der Waals surface area contributed by atoms with Gasteiger partial charge in [0, 0.05) is 21.8 Å². The summed E-state index contributed by atoms with van der Waals surface area (Å²) in [5.74, 6) is 0.860. The van der Waals surface area contributed by atoms with Crippen molar-refractivity contribution in [2.75, 3.05) is 20.0 Å². The predicted molar refractivity (Wildman–Crippen MR) is 78.8 cm³/mol. The summed E-state index contributed by atoms with van der Waals surface area (Å²) in [6, 6.07) is 9.75. The quantitative estimate of drug-likeness (QED) is 0.694. The SMILES string of the molecule is COc1ccc(C(=O)c2ccc(Cl)cc2N)cc1OC. The van der Waals surface area contributed by atoms with E-state index in [9.17, 15) is 4.79 Å². The van der Waals surface area contributed by atoms with Crippen molar-refractivity contribution in [1.29, 1.82) is 0 Å². The molecule has 0 radical (unpaired) electrons. The van der Waals surface area contributed by atoms with Gasteiger partial charge in [-0.1, -0.05) is 11.6 Å². The number of carbonyl (C=O) groups excluding carboxylic acids is 1. The number of hydrogen-bond acceptors (Lipinski definition) is 4. The molecule has 104 valence electrons. The van der Waals surface area contributed by atoms with Crippen LogP contribution in [0.3, 0.4) is 0 Å². The van der Waals surface area contributed by atoms with Crippen molar-refractivity contribution in [3.05, 3.63) is 52.5 Å². The molecule has 0 bridgehead atoms. The lowest BCUT2D eigenvalue weighted by molar-refractivity contribution is 0.103. The number of ether oxygens (including phenoxy) is 2. The summed E-state index contributed by atoms with van der Waals surface area (Å²) in [6.45, 7) is 0. The molecule has 0 spiro atoms. The van der Waals surface area contributed by atoms with Crippen molar-refractivity contribution in [2.24, 2.45) is 0 Å². The lowest BCUT2D eigenvalue weighted by Crippen LogP contribution is -2.06. The van der Waals surface area contributed by atoms with E-state index in [1.807, 2.05) is 0 Å². The first kappa shape index (κ1) is 14.2. The predicted octanol–water partition coefficient (Wildman–Crippen LogP) is 3.17. The molecule has 5 heteroatoms. The van der Waals surface area contributed by atoms with Crippen LogP contribution in [0.5, 0.6) is 11.5 Å². The molecule has 2 N–H and O–H groups in total. The first-order valence-electron chi connectivity index (χ1n) is 5.88. The number of nitrogen functional groups attached to an aromatic ring is 1. The molecule has 0 aliphatic heterocycles. The van der Waals surface area contributed by atoms with Crippen molar-refractivity contribution in [3.63, 3.8) is 0 Å². The highest BCUT2D eigenvalue weighted by atomic mass is 35.5. The lowest BCUT2D eigenvalue weighted by atomic mass is 10.0. The summed E-state index contributed by atoms with van der Waals surface area (Å²) in [5, 5.41) is 0.492. The maximum Gasteiger partial charge on any atom is 0.195 e. The molecule has 2 aromatic carbocycles. The van der Waals surface area contributed by atoms with E-state index in [0.717, 1.165) is 0 Å². The Hall–Kier alpha value is -2.20. The molecule has 20 heavy (non-hydrogen) atoms. The first-order valence-corrected chi connectivity index (χ1v) is 6.26. The number of benzene rings is 2. The molecule has 0 aliphatic rings. The van der Waals surface area contributed by atoms with Gasteiger partial charge in [0.05, 0.1) is 14.2 Å². The number of halogens is 1. The van der Waals surface area contributed by atoms with Crippen molar-refractivity contribution in [2.45, 2.75) is 0 Å². The minimum absolute atomic E-state index is 0.194. The van der Waals surface area contributed by atoms with Gasteiger partial charge in [-0.25, -0.2) is 0 Å². The van der Waals surface area contributed by atoms with Crippen LogP contribution in [0.2, 0.25) is 5.02 Å². The molecular weight excluding hydrogens is 278 g/mol. The van der Waals surface area contributed by atoms with E-state index >= 15 is 0 Å². The van der Waals surface area contributed by atoms with Crippen molar-refractivity contribution in [1.82, 2.24) is 0 Å². The molecule has 2 aromatic rings. The molecule has 0 atom stereocenters. The average Bonchev–Trinajstić information content (AvgIpc) is 2.45. The van der Waals surface area contributed by atoms with Crippen LogP contribution in [-0.2, 0) is 0 Å². The van der Waals surface area contributed by atoms with E-state index in [2.05, 4.69) is 0 Å². The molecule has 0 saturated carbocycles. The summed E-state index contributed by atoms with van der Waals surface area (Å²) >= 11 is 5.83. The zero-order valence-corrected chi connectivity index (χ0v) is 11.9. The second-order valence-corrected chi connectivity index (χ2v) is 4.57. The van der Waals surface area contributed by atoms with E-state index in [4.69, 9.17) is 26.8 Å². The second-order valence-electron chi connectivity index (χ2n) is 4.13. The van der Waals surface area contributed by atoms with Crippen LogP contribution in [0.4, 0.5) is 5.69 Å². The van der Waals surface area contributed by atoms with Gasteiger partial charge in [-0.05, 0) is 36.4 Å². The van der Waals surface area contributed by atoms with Gasteiger partial charge in [0.25, 0.3) is 0 Å². The number of hydrogen-bond donors (Lipinski definition) is 1. The number of carbonyl (C=O) groups is 1. The number of rotatable bonds is 4. The molecule has 0 saturated heterocycles. The highest BCUT2D eigenvalue weighted by Gasteiger charge is 2.15. The first-order chi connectivity index (χ1) is 9.56. The Morgan fingerprint density at radius 2 is 1.75 bits per heavy atom. The van der Waals surface area contributed by atoms with Crippen LogP contribution < -0.4 is 15.2 Å². The number of anilines is 1. The summed E-state index contributed by atoms with van der Waals surface area (Å²) in [5.41, 5.74) is 7.04. The average molecular weight is 292 g/mol. The smallest absolute Gasteiger partial charge is 0.195 e. The number of nitrogens with two attached hydrogens (primary N) is 1. The van der Waals surface area contributed by atoms with Crippen LogP contribution >= 0.6 is 11.6 Å². The second kappa shape index (κ2) is 5.84. The van der Waals surface area contributed by atoms with Crippen LogP contribution in [0, 0.1) is 0 Å². The van der Waals surface area contributed by atoms with Crippen molar-refractivity contribution < 1.29 is 14.3 Å². The molecule has 0 unspecified atom stereocenters. The van der Waals surface area contributed by atoms with Gasteiger partial charge in [-0.15, -0.1) is 0 Å². The minimum Gasteiger partial charge on any atom is -0.493 e. The Morgan fingerprint density at radius 3 is 2.35 bits per heavy atom. The topological polar surface area (TPSA) is 61.5 Å². The molecule has 0 aliphatic carbocycles. The third kappa shape index (κ3) is 2.70. The van der Waals surface area contributed by atoms with Gasteiger partial charge < -0.3 is 15.2 Å². The Morgan fingerprint density at radius 1 is 1.05 bits per heavy atom. The highest BCUT2D eigenvalue weighted by Crippen LogP contribution is 2.29. The van der Waals surface area contributed by atoms with Gasteiger partial charge in [0.15, 0.2) is 17.3 Å². The number of ketones is 1. The van der Waals surface area contributed by atoms with Crippen LogP contribution in [0.15, 0.2) is 36.4 Å². The maximum atomic E-state index is 12.4. The van der Waals surface area contributed by atoms with E-state index < -0.39 is 0 Å². The molecule has 2 rings (SSSR count). The molecule has 0 fully saturated rings. The van der Waals surface area contributed by atoms with Gasteiger partial charge in [-0.2, -0.15) is 0 Å². The third-order valence-corrected chi connectivity index (χ3v) is 3.14. The van der Waals surface area contributed by atoms with E-state index in [1.54, 1.807) is 36.4 Å². The van der Waals surface area contributed by atoms with Gasteiger partial charge in [0.1, 0.15) is 0 Å². The number of methoxy groups -OCH3 is 2. The van der Waals surface area contributed by atoms with E-state index in [1.165, 1.54) is 14.2 Å². The molecule has 0 amide bonds. The zero-order chi connectivity index (χ0) is 14.7. The van der Waals surface area contributed by atoms with Gasteiger partial charge in [0.2, 0.25) is 0 Å². The van der Waals surface area contributed by atoms with E-state index in [0.29, 0.717) is 33.3 Å². The lowest BCUT2D eigenvalue weighted by Gasteiger charge is -2.10. The van der Waals surface area contributed by atoms with Crippen LogP contribution in [-0.4, -0.2) is 20.0 Å². The summed E-state index contributed by atoms with van der Waals surface area (Å²) in [7, 11) is 3.05. The Bertz CT molecular complexity index is 656. The van der Waals surface area contributed by atoms with E-state index in [-0.39, 0.29) is 5.78 Å². The van der Waals surface area contributed by atoms with Crippen LogP contribution in [0.1, 0.15) is 15.9 Å². The Labute approximate surface area is 122 Å². The fourth-order valence-electron chi connectivity index (χ4n) is 1.87. The summed E-state index contributed by atoms with van der Waals surface area (Å²) < 4.78 is 10.3. The fraction of sp³-hybridized carbons (Fsp3) is 0.133. The fourth-order valence-corrected chi connectivity index (χ4v) is 2.05. The zero-order valence-electron chi connectivity index (χ0n) is 11.1. The highest BCUT2D eigenvalue weighted by molar-refractivity contribution is 6.31. The Balaban J connectivity index is 2.43. The standard InChI is InChI=1S/C15H14ClNO3/c1-19-13-6-3-9(7-14(13)20-2)15(18)11-5-4-10(16)8-12(11)17/h3-8H,17H2,1-2H3. The summed E-state index contributed by atoms with van der Waals surface area (Å²) in [4.78, 5) is 12.4. The van der Waals surface area contributed by atoms with Gasteiger partial charge >= 0.3 is 0 Å². The van der Waals surface area contributed by atoms with Crippen molar-refractivity contribution in [3.8, 4) is 11.5 Å². The largest absolute Gasteiger partial charge is 0.493 e. The van der Waals surface area contributed by atoms with Crippen LogP contribution in [0.25, 0.3) is 0 Å². The normalized spacial score (nSPS) is 10.2. The minimum atomic E-state index is -0.194. The molecule has 4 nitrogen and oxygen atoms in total. The molecular formula is C15H14ClNO3. The molecule has 0 aromatic heterocycles. The summed E-state index contributed by atoms with van der Waals surface area (Å²) in [6.07, 6.45) is 0. The maximum absolute atomic E-state index is 12.4. The van der Waals surface area contributed by atoms with Gasteiger partial charge in [-0.3, -0.25) is 4.79 Å².